The van der Waals surface area contributed by atoms with Crippen molar-refractivity contribution in [3.63, 3.8) is 0 Å². The Morgan fingerprint density at radius 2 is 2.26 bits per heavy atom. The largest absolute Gasteiger partial charge is 0.464 e. The van der Waals surface area contributed by atoms with Gasteiger partial charge in [-0.05, 0) is 13.0 Å². The average molecular weight is 266 g/mol. The molecule has 0 spiro atoms. The number of aryl methyl sites for hydroxylation is 1. The van der Waals surface area contributed by atoms with E-state index in [0.29, 0.717) is 36.7 Å². The Hall–Kier alpha value is -1.86. The van der Waals surface area contributed by atoms with Gasteiger partial charge in [0.1, 0.15) is 11.5 Å². The third-order valence-electron chi connectivity index (χ3n) is 3.26. The highest BCUT2D eigenvalue weighted by atomic mass is 16.3. The number of hydrogen-bond acceptors (Lipinski definition) is 5. The van der Waals surface area contributed by atoms with E-state index >= 15 is 0 Å². The summed E-state index contributed by atoms with van der Waals surface area (Å²) in [6.45, 7) is 4.09. The van der Waals surface area contributed by atoms with Crippen molar-refractivity contribution in [2.45, 2.75) is 13.5 Å². The maximum absolute atomic E-state index is 11.6. The normalized spacial score (nSPS) is 16.8. The zero-order valence-corrected chi connectivity index (χ0v) is 11.1. The van der Waals surface area contributed by atoms with Crippen molar-refractivity contribution in [3.05, 3.63) is 23.2 Å². The second-order valence-corrected chi connectivity index (χ2v) is 4.68. The number of amides is 2. The fourth-order valence-electron chi connectivity index (χ4n) is 2.09. The molecule has 19 heavy (non-hydrogen) atoms. The van der Waals surface area contributed by atoms with Crippen LogP contribution in [-0.4, -0.2) is 48.3 Å². The molecule has 2 heterocycles. The Morgan fingerprint density at radius 3 is 2.89 bits per heavy atom. The average Bonchev–Trinajstić information content (AvgIpc) is 2.74. The zero-order valence-electron chi connectivity index (χ0n) is 11.1. The lowest BCUT2D eigenvalue weighted by Crippen LogP contribution is -2.47. The fraction of sp³-hybridized carbons (Fsp3) is 0.500. The van der Waals surface area contributed by atoms with Crippen molar-refractivity contribution in [2.24, 2.45) is 5.84 Å². The smallest absolute Gasteiger partial charge is 0.268 e. The molecule has 0 aliphatic carbocycles. The molecule has 1 aromatic rings. The van der Waals surface area contributed by atoms with E-state index in [1.807, 2.05) is 4.90 Å². The van der Waals surface area contributed by atoms with Crippen LogP contribution in [0.5, 0.6) is 0 Å². The highest BCUT2D eigenvalue weighted by Crippen LogP contribution is 2.17. The lowest BCUT2D eigenvalue weighted by Gasteiger charge is -2.31. The Bertz CT molecular complexity index is 497. The number of furan rings is 1. The molecular formula is C12H18N4O3. The summed E-state index contributed by atoms with van der Waals surface area (Å²) in [5.41, 5.74) is 2.51. The molecule has 2 rings (SSSR count). The van der Waals surface area contributed by atoms with Gasteiger partial charge in [0, 0.05) is 20.1 Å². The topological polar surface area (TPSA) is 91.8 Å². The van der Waals surface area contributed by atoms with Crippen LogP contribution >= 0.6 is 0 Å². The molecule has 0 unspecified atom stereocenters. The van der Waals surface area contributed by atoms with Gasteiger partial charge in [-0.2, -0.15) is 0 Å². The van der Waals surface area contributed by atoms with Gasteiger partial charge in [-0.25, -0.2) is 5.84 Å². The summed E-state index contributed by atoms with van der Waals surface area (Å²) in [5.74, 6) is 6.00. The summed E-state index contributed by atoms with van der Waals surface area (Å²) in [6, 6.07) is 1.67. The number of piperazine rings is 1. The molecular weight excluding hydrogens is 248 g/mol. The number of hydrogen-bond donors (Lipinski definition) is 2. The number of nitrogens with zero attached hydrogens (tertiary/aromatic N) is 2. The second-order valence-electron chi connectivity index (χ2n) is 4.68. The van der Waals surface area contributed by atoms with Crippen molar-refractivity contribution in [1.29, 1.82) is 0 Å². The van der Waals surface area contributed by atoms with Crippen molar-refractivity contribution < 1.29 is 14.0 Å². The third-order valence-corrected chi connectivity index (χ3v) is 3.26. The van der Waals surface area contributed by atoms with Gasteiger partial charge >= 0.3 is 0 Å². The van der Waals surface area contributed by atoms with E-state index in [0.717, 1.165) is 6.54 Å². The van der Waals surface area contributed by atoms with Crippen LogP contribution in [0.3, 0.4) is 0 Å². The van der Waals surface area contributed by atoms with E-state index in [1.54, 1.807) is 24.9 Å². The van der Waals surface area contributed by atoms with Crippen LogP contribution in [0, 0.1) is 6.92 Å². The van der Waals surface area contributed by atoms with Crippen LogP contribution in [-0.2, 0) is 11.3 Å². The van der Waals surface area contributed by atoms with E-state index in [2.05, 4.69) is 5.43 Å². The molecule has 7 nitrogen and oxygen atoms in total. The van der Waals surface area contributed by atoms with Gasteiger partial charge in [0.2, 0.25) is 5.91 Å². The minimum Gasteiger partial charge on any atom is -0.464 e. The van der Waals surface area contributed by atoms with Crippen LogP contribution in [0.15, 0.2) is 10.5 Å². The van der Waals surface area contributed by atoms with Crippen molar-refractivity contribution in [1.82, 2.24) is 15.2 Å². The lowest BCUT2D eigenvalue weighted by molar-refractivity contribution is -0.134. The highest BCUT2D eigenvalue weighted by Gasteiger charge is 2.22. The van der Waals surface area contributed by atoms with Crippen molar-refractivity contribution >= 4 is 11.8 Å². The minimum absolute atomic E-state index is 0.0921. The van der Waals surface area contributed by atoms with E-state index in [4.69, 9.17) is 10.3 Å². The molecule has 1 fully saturated rings. The number of hydrazine groups is 1. The lowest BCUT2D eigenvalue weighted by atomic mass is 10.2. The quantitative estimate of drug-likeness (QED) is 0.436. The molecule has 1 aliphatic heterocycles. The van der Waals surface area contributed by atoms with Gasteiger partial charge in [0.05, 0.1) is 18.7 Å². The number of nitrogens with one attached hydrogen (secondary N) is 1. The highest BCUT2D eigenvalue weighted by molar-refractivity contribution is 5.94. The second kappa shape index (κ2) is 5.41. The van der Waals surface area contributed by atoms with Crippen LogP contribution in [0.2, 0.25) is 0 Å². The number of carbonyl (C=O) groups excluding carboxylic acids is 2. The Balaban J connectivity index is 2.04. The first-order chi connectivity index (χ1) is 9.01. The van der Waals surface area contributed by atoms with Crippen LogP contribution < -0.4 is 11.3 Å². The molecule has 0 bridgehead atoms. The number of nitrogen functional groups attached to an aromatic ring is 1. The standard InChI is InChI=1S/C12H18N4O3/c1-8-10(12(18)14-13)5-9(19-8)6-16-4-3-15(2)11(17)7-16/h5H,3-4,6-7,13H2,1-2H3,(H,14,18). The van der Waals surface area contributed by atoms with Gasteiger partial charge in [0.15, 0.2) is 0 Å². The van der Waals surface area contributed by atoms with Gasteiger partial charge in [-0.15, -0.1) is 0 Å². The summed E-state index contributed by atoms with van der Waals surface area (Å²) in [4.78, 5) is 26.8. The van der Waals surface area contributed by atoms with Crippen molar-refractivity contribution in [3.8, 4) is 0 Å². The molecule has 0 aromatic carbocycles. The van der Waals surface area contributed by atoms with Gasteiger partial charge in [-0.1, -0.05) is 0 Å². The molecule has 2 amide bonds. The van der Waals surface area contributed by atoms with E-state index < -0.39 is 0 Å². The summed E-state index contributed by atoms with van der Waals surface area (Å²) in [5, 5.41) is 0. The molecule has 7 heteroatoms. The predicted octanol–water partition coefficient (Wildman–Crippen LogP) is -0.534. The molecule has 0 radical (unpaired) electrons. The van der Waals surface area contributed by atoms with Crippen LogP contribution in [0.1, 0.15) is 21.9 Å². The van der Waals surface area contributed by atoms with E-state index in [-0.39, 0.29) is 11.8 Å². The summed E-state index contributed by atoms with van der Waals surface area (Å²) in [6.07, 6.45) is 0. The number of likely N-dealkylation sites (N-methyl/N-ethyl adjacent to an activating group) is 1. The van der Waals surface area contributed by atoms with Gasteiger partial charge in [-0.3, -0.25) is 19.9 Å². The van der Waals surface area contributed by atoms with E-state index in [1.165, 1.54) is 0 Å². The fourth-order valence-corrected chi connectivity index (χ4v) is 2.09. The van der Waals surface area contributed by atoms with E-state index in [9.17, 15) is 9.59 Å². The van der Waals surface area contributed by atoms with Gasteiger partial charge < -0.3 is 9.32 Å². The first-order valence-electron chi connectivity index (χ1n) is 6.08. The Labute approximate surface area is 111 Å². The number of nitrogens with two attached hydrogens (primary N) is 1. The van der Waals surface area contributed by atoms with Gasteiger partial charge in [0.25, 0.3) is 5.91 Å². The zero-order chi connectivity index (χ0) is 14.0. The maximum atomic E-state index is 11.6. The Kier molecular flexibility index (Phi) is 3.87. The SMILES string of the molecule is Cc1oc(CN2CCN(C)C(=O)C2)cc1C(=O)NN. The summed E-state index contributed by atoms with van der Waals surface area (Å²) in [7, 11) is 1.79. The number of rotatable bonds is 3. The number of carbonyl (C=O) groups is 2. The molecule has 1 aliphatic rings. The molecule has 104 valence electrons. The Morgan fingerprint density at radius 1 is 1.53 bits per heavy atom. The summed E-state index contributed by atoms with van der Waals surface area (Å²) < 4.78 is 5.52. The predicted molar refractivity (Wildman–Crippen MR) is 68.0 cm³/mol. The maximum Gasteiger partial charge on any atom is 0.268 e. The third kappa shape index (κ3) is 2.94. The molecule has 3 N–H and O–H groups in total. The van der Waals surface area contributed by atoms with Crippen LogP contribution in [0.4, 0.5) is 0 Å². The molecule has 1 aromatic heterocycles. The molecule has 1 saturated heterocycles. The monoisotopic (exact) mass is 266 g/mol. The minimum atomic E-state index is -0.373. The first kappa shape index (κ1) is 13.6. The van der Waals surface area contributed by atoms with Crippen LogP contribution in [0.25, 0.3) is 0 Å². The summed E-state index contributed by atoms with van der Waals surface area (Å²) >= 11 is 0. The first-order valence-corrected chi connectivity index (χ1v) is 6.08. The molecule has 0 saturated carbocycles. The molecule has 0 atom stereocenters. The van der Waals surface area contributed by atoms with Crippen molar-refractivity contribution in [2.75, 3.05) is 26.7 Å².